The summed E-state index contributed by atoms with van der Waals surface area (Å²) < 4.78 is 6.91. The third kappa shape index (κ3) is 2.47. The number of anilines is 2. The zero-order chi connectivity index (χ0) is 13.0. The lowest BCUT2D eigenvalue weighted by Gasteiger charge is -2.11. The maximum atomic E-state index is 5.26. The van der Waals surface area contributed by atoms with Gasteiger partial charge >= 0.3 is 0 Å². The van der Waals surface area contributed by atoms with Gasteiger partial charge in [-0.3, -0.25) is 4.68 Å². The fraction of sp³-hybridized carbons (Fsp3) is 0.400. The fourth-order valence-corrected chi connectivity index (χ4v) is 1.50. The molecule has 0 aliphatic carbocycles. The van der Waals surface area contributed by atoms with E-state index >= 15 is 0 Å². The highest BCUT2D eigenvalue weighted by Crippen LogP contribution is 2.28. The molecule has 0 unspecified atom stereocenters. The van der Waals surface area contributed by atoms with E-state index in [2.05, 4.69) is 30.7 Å². The summed E-state index contributed by atoms with van der Waals surface area (Å²) in [7, 11) is 5.17. The second-order valence-corrected chi connectivity index (χ2v) is 3.54. The molecule has 8 heteroatoms. The van der Waals surface area contributed by atoms with Crippen LogP contribution in [0.2, 0.25) is 0 Å². The molecular formula is C10H15N7O. The first-order chi connectivity index (χ1) is 8.74. The third-order valence-electron chi connectivity index (χ3n) is 2.31. The molecule has 0 saturated heterocycles. The minimum atomic E-state index is 0.470. The Balaban J connectivity index is 2.13. The maximum absolute atomic E-state index is 5.26. The summed E-state index contributed by atoms with van der Waals surface area (Å²) in [6.07, 6.45) is 3.11. The van der Waals surface area contributed by atoms with E-state index in [1.807, 2.05) is 7.05 Å². The smallest absolute Gasteiger partial charge is 0.204 e. The first-order valence-corrected chi connectivity index (χ1v) is 5.39. The van der Waals surface area contributed by atoms with E-state index in [4.69, 9.17) is 4.74 Å². The summed E-state index contributed by atoms with van der Waals surface area (Å²) in [5, 5.41) is 10.2. The Morgan fingerprint density at radius 3 is 2.67 bits per heavy atom. The van der Waals surface area contributed by atoms with Crippen LogP contribution in [0.25, 0.3) is 0 Å². The van der Waals surface area contributed by atoms with Crippen molar-refractivity contribution in [2.45, 2.75) is 6.54 Å². The van der Waals surface area contributed by atoms with Gasteiger partial charge in [0, 0.05) is 14.1 Å². The van der Waals surface area contributed by atoms with Crippen molar-refractivity contribution in [3.8, 4) is 5.75 Å². The molecule has 0 bridgehead atoms. The molecule has 2 aromatic rings. The zero-order valence-corrected chi connectivity index (χ0v) is 10.5. The van der Waals surface area contributed by atoms with E-state index in [0.29, 0.717) is 29.8 Å². The molecule has 18 heavy (non-hydrogen) atoms. The van der Waals surface area contributed by atoms with Gasteiger partial charge in [0.05, 0.1) is 13.7 Å². The molecule has 96 valence electrons. The van der Waals surface area contributed by atoms with E-state index in [-0.39, 0.29) is 0 Å². The number of methoxy groups -OCH3 is 1. The second-order valence-electron chi connectivity index (χ2n) is 3.54. The Hall–Kier alpha value is -2.38. The lowest BCUT2D eigenvalue weighted by molar-refractivity contribution is 0.415. The maximum Gasteiger partial charge on any atom is 0.204 e. The number of aryl methyl sites for hydroxylation is 1. The number of nitrogens with zero attached hydrogens (tertiary/aromatic N) is 5. The highest BCUT2D eigenvalue weighted by atomic mass is 16.5. The molecule has 0 atom stereocenters. The Morgan fingerprint density at radius 1 is 1.28 bits per heavy atom. The number of hydrogen-bond donors (Lipinski definition) is 2. The minimum Gasteiger partial charge on any atom is -0.490 e. The number of nitrogens with one attached hydrogen (secondary N) is 2. The molecule has 0 fully saturated rings. The zero-order valence-electron chi connectivity index (χ0n) is 10.5. The van der Waals surface area contributed by atoms with Crippen molar-refractivity contribution >= 4 is 11.6 Å². The first kappa shape index (κ1) is 12.1. The fourth-order valence-electron chi connectivity index (χ4n) is 1.50. The molecule has 2 N–H and O–H groups in total. The molecule has 0 aliphatic heterocycles. The quantitative estimate of drug-likeness (QED) is 0.785. The van der Waals surface area contributed by atoms with E-state index in [0.717, 1.165) is 0 Å². The standard InChI is InChI=1S/C10H15N7O/c1-11-9-8(18-3)10(14-5-13-9)12-4-7-15-6-17(2)16-7/h5-6H,4H2,1-3H3,(H2,11,12,13,14). The number of aromatic nitrogens is 5. The largest absolute Gasteiger partial charge is 0.490 e. The van der Waals surface area contributed by atoms with E-state index in [1.165, 1.54) is 6.33 Å². The summed E-state index contributed by atoms with van der Waals surface area (Å²) in [6.45, 7) is 0.470. The van der Waals surface area contributed by atoms with Gasteiger partial charge in [-0.25, -0.2) is 15.0 Å². The van der Waals surface area contributed by atoms with Gasteiger partial charge in [-0.1, -0.05) is 0 Å². The van der Waals surface area contributed by atoms with Crippen LogP contribution in [0.5, 0.6) is 5.75 Å². The average molecular weight is 249 g/mol. The van der Waals surface area contributed by atoms with Gasteiger partial charge in [0.1, 0.15) is 12.7 Å². The van der Waals surface area contributed by atoms with Crippen molar-refractivity contribution < 1.29 is 4.74 Å². The minimum absolute atomic E-state index is 0.470. The van der Waals surface area contributed by atoms with E-state index < -0.39 is 0 Å². The summed E-state index contributed by atoms with van der Waals surface area (Å²) in [6, 6.07) is 0. The summed E-state index contributed by atoms with van der Waals surface area (Å²) in [5.41, 5.74) is 0. The van der Waals surface area contributed by atoms with Crippen LogP contribution in [-0.4, -0.2) is 38.9 Å². The van der Waals surface area contributed by atoms with Gasteiger partial charge in [-0.2, -0.15) is 5.10 Å². The van der Waals surface area contributed by atoms with Crippen LogP contribution in [0.15, 0.2) is 12.7 Å². The molecule has 0 aromatic carbocycles. The molecule has 2 aromatic heterocycles. The van der Waals surface area contributed by atoms with Gasteiger partial charge in [0.2, 0.25) is 5.75 Å². The van der Waals surface area contributed by atoms with Crippen LogP contribution >= 0.6 is 0 Å². The van der Waals surface area contributed by atoms with Gasteiger partial charge in [0.25, 0.3) is 0 Å². The van der Waals surface area contributed by atoms with Crippen LogP contribution < -0.4 is 15.4 Å². The van der Waals surface area contributed by atoms with Gasteiger partial charge in [-0.05, 0) is 0 Å². The first-order valence-electron chi connectivity index (χ1n) is 5.39. The van der Waals surface area contributed by atoms with E-state index in [9.17, 15) is 0 Å². The molecule has 0 saturated carbocycles. The number of hydrogen-bond acceptors (Lipinski definition) is 7. The van der Waals surface area contributed by atoms with Gasteiger partial charge in [0.15, 0.2) is 17.5 Å². The summed E-state index contributed by atoms with van der Waals surface area (Å²) in [5.74, 6) is 2.48. The molecule has 2 heterocycles. The molecule has 0 spiro atoms. The van der Waals surface area contributed by atoms with Crippen molar-refractivity contribution in [1.82, 2.24) is 24.7 Å². The highest BCUT2D eigenvalue weighted by molar-refractivity contribution is 5.63. The van der Waals surface area contributed by atoms with E-state index in [1.54, 1.807) is 25.2 Å². The molecule has 0 radical (unpaired) electrons. The van der Waals surface area contributed by atoms with Crippen molar-refractivity contribution in [1.29, 1.82) is 0 Å². The molecule has 8 nitrogen and oxygen atoms in total. The normalized spacial score (nSPS) is 10.2. The third-order valence-corrected chi connectivity index (χ3v) is 2.31. The van der Waals surface area contributed by atoms with Crippen molar-refractivity contribution in [3.63, 3.8) is 0 Å². The van der Waals surface area contributed by atoms with Gasteiger partial charge < -0.3 is 15.4 Å². The van der Waals surface area contributed by atoms with Crippen molar-refractivity contribution in [2.75, 3.05) is 24.8 Å². The SMILES string of the molecule is CNc1ncnc(NCc2ncn(C)n2)c1OC. The van der Waals surface area contributed by atoms with Crippen LogP contribution in [0.1, 0.15) is 5.82 Å². The van der Waals surface area contributed by atoms with Crippen molar-refractivity contribution in [2.24, 2.45) is 7.05 Å². The predicted octanol–water partition coefficient (Wildman–Crippen LogP) is 0.267. The lowest BCUT2D eigenvalue weighted by Crippen LogP contribution is -2.07. The van der Waals surface area contributed by atoms with Crippen LogP contribution in [-0.2, 0) is 13.6 Å². The lowest BCUT2D eigenvalue weighted by atomic mass is 10.4. The Labute approximate surface area is 104 Å². The molecular weight excluding hydrogens is 234 g/mol. The summed E-state index contributed by atoms with van der Waals surface area (Å²) in [4.78, 5) is 12.3. The Bertz CT molecular complexity index is 525. The van der Waals surface area contributed by atoms with Crippen LogP contribution in [0.3, 0.4) is 0 Å². The Kier molecular flexibility index (Phi) is 3.56. The van der Waals surface area contributed by atoms with Crippen molar-refractivity contribution in [3.05, 3.63) is 18.5 Å². The molecule has 2 rings (SSSR count). The topological polar surface area (TPSA) is 89.8 Å². The van der Waals surface area contributed by atoms with Crippen LogP contribution in [0.4, 0.5) is 11.6 Å². The number of rotatable bonds is 5. The summed E-state index contributed by atoms with van der Waals surface area (Å²) >= 11 is 0. The number of ether oxygens (including phenoxy) is 1. The monoisotopic (exact) mass is 249 g/mol. The Morgan fingerprint density at radius 2 is 2.06 bits per heavy atom. The van der Waals surface area contributed by atoms with Gasteiger partial charge in [-0.15, -0.1) is 0 Å². The predicted molar refractivity (Wildman–Crippen MR) is 66.5 cm³/mol. The molecule has 0 amide bonds. The molecule has 0 aliphatic rings. The average Bonchev–Trinajstić information content (AvgIpc) is 2.81. The second kappa shape index (κ2) is 5.30. The van der Waals surface area contributed by atoms with Crippen LogP contribution in [0, 0.1) is 0 Å². The highest BCUT2D eigenvalue weighted by Gasteiger charge is 2.11.